The fraction of sp³-hybridized carbons (Fsp3) is 0.938. The number of nitrogens with one attached hydrogen (secondary N) is 2. The summed E-state index contributed by atoms with van der Waals surface area (Å²) in [6, 6.07) is 0. The number of hydroxylamine groups is 1. The fourth-order valence-electron chi connectivity index (χ4n) is 3.01. The maximum atomic E-state index is 11.7. The number of rotatable bonds is 6. The van der Waals surface area contributed by atoms with Crippen LogP contribution in [0.2, 0.25) is 0 Å². The third-order valence-electron chi connectivity index (χ3n) is 3.68. The van der Waals surface area contributed by atoms with Crippen molar-refractivity contribution in [2.45, 2.75) is 72.4 Å². The summed E-state index contributed by atoms with van der Waals surface area (Å²) in [7, 11) is 0. The Hall–Kier alpha value is -0.450. The average molecular weight is 284 g/mol. The summed E-state index contributed by atoms with van der Waals surface area (Å²) in [5, 5.41) is 3.19. The van der Waals surface area contributed by atoms with Crippen LogP contribution in [-0.4, -0.2) is 30.5 Å². The monoisotopic (exact) mass is 284 g/mol. The molecule has 0 aromatic heterocycles. The first-order valence-electron chi connectivity index (χ1n) is 7.73. The zero-order chi connectivity index (χ0) is 15.4. The molecular formula is C16H32N2O2. The van der Waals surface area contributed by atoms with Crippen molar-refractivity contribution in [2.24, 2.45) is 11.3 Å². The third-order valence-corrected chi connectivity index (χ3v) is 3.68. The van der Waals surface area contributed by atoms with E-state index in [0.29, 0.717) is 17.9 Å². The van der Waals surface area contributed by atoms with E-state index in [4.69, 9.17) is 4.84 Å². The Bertz CT molecular complexity index is 321. The summed E-state index contributed by atoms with van der Waals surface area (Å²) in [6.07, 6.45) is 3.60. The maximum absolute atomic E-state index is 11.7. The second-order valence-corrected chi connectivity index (χ2v) is 8.12. The van der Waals surface area contributed by atoms with E-state index in [-0.39, 0.29) is 24.0 Å². The zero-order valence-corrected chi connectivity index (χ0v) is 14.0. The van der Waals surface area contributed by atoms with Crippen LogP contribution in [-0.2, 0) is 9.63 Å². The minimum atomic E-state index is -0.0284. The standard InChI is InChI=1S/C16H32N2O2/c1-12-7-14(9-16(5,6)8-12)20-18-11-13(19)10-17-15(2,3)4/h12,14,17-18H,7-11H2,1-6H3. The first kappa shape index (κ1) is 17.6. The van der Waals surface area contributed by atoms with E-state index < -0.39 is 0 Å². The number of carbonyl (C=O) groups excluding carboxylic acids is 1. The molecule has 0 amide bonds. The van der Waals surface area contributed by atoms with Crippen LogP contribution >= 0.6 is 0 Å². The molecule has 0 heterocycles. The largest absolute Gasteiger partial charge is 0.305 e. The average Bonchev–Trinajstić information content (AvgIpc) is 2.22. The Morgan fingerprint density at radius 2 is 1.90 bits per heavy atom. The van der Waals surface area contributed by atoms with E-state index in [2.05, 4.69) is 52.3 Å². The van der Waals surface area contributed by atoms with Crippen LogP contribution in [0.4, 0.5) is 0 Å². The predicted molar refractivity (Wildman–Crippen MR) is 82.4 cm³/mol. The number of hydrogen-bond donors (Lipinski definition) is 2. The molecule has 1 rings (SSSR count). The molecule has 118 valence electrons. The number of carbonyl (C=O) groups is 1. The highest BCUT2D eigenvalue weighted by molar-refractivity contribution is 5.82. The number of Topliss-reactive ketones (excluding diaryl/α,β-unsaturated/α-hetero) is 1. The second-order valence-electron chi connectivity index (χ2n) is 8.12. The van der Waals surface area contributed by atoms with Gasteiger partial charge in [0.1, 0.15) is 0 Å². The molecule has 0 radical (unpaired) electrons. The van der Waals surface area contributed by atoms with Crippen LogP contribution in [0.1, 0.15) is 60.8 Å². The van der Waals surface area contributed by atoms with Crippen LogP contribution in [0.25, 0.3) is 0 Å². The molecule has 4 nitrogen and oxygen atoms in total. The summed E-state index contributed by atoms with van der Waals surface area (Å²) in [5.41, 5.74) is 3.17. The molecule has 4 heteroatoms. The smallest absolute Gasteiger partial charge is 0.162 e. The highest BCUT2D eigenvalue weighted by atomic mass is 16.7. The van der Waals surface area contributed by atoms with E-state index in [1.807, 2.05) is 0 Å². The van der Waals surface area contributed by atoms with Crippen LogP contribution < -0.4 is 10.8 Å². The topological polar surface area (TPSA) is 50.4 Å². The molecule has 0 aliphatic heterocycles. The molecule has 0 aromatic rings. The van der Waals surface area contributed by atoms with Crippen molar-refractivity contribution < 1.29 is 9.63 Å². The molecule has 2 atom stereocenters. The number of ketones is 1. The van der Waals surface area contributed by atoms with Gasteiger partial charge in [-0.2, -0.15) is 5.48 Å². The van der Waals surface area contributed by atoms with Crippen molar-refractivity contribution in [3.8, 4) is 0 Å². The predicted octanol–water partition coefficient (Wildman–Crippen LogP) is 2.68. The van der Waals surface area contributed by atoms with Gasteiger partial charge in [0, 0.05) is 5.54 Å². The van der Waals surface area contributed by atoms with Gasteiger partial charge in [0.15, 0.2) is 5.78 Å². The summed E-state index contributed by atoms with van der Waals surface area (Å²) in [6.45, 7) is 13.7. The lowest BCUT2D eigenvalue weighted by Crippen LogP contribution is -2.43. The molecule has 1 fully saturated rings. The summed E-state index contributed by atoms with van der Waals surface area (Å²) in [4.78, 5) is 17.4. The zero-order valence-electron chi connectivity index (χ0n) is 14.0. The Morgan fingerprint density at radius 3 is 2.45 bits per heavy atom. The van der Waals surface area contributed by atoms with Gasteiger partial charge in [-0.05, 0) is 51.4 Å². The normalized spacial score (nSPS) is 26.5. The van der Waals surface area contributed by atoms with E-state index in [0.717, 1.165) is 12.8 Å². The van der Waals surface area contributed by atoms with Gasteiger partial charge in [-0.3, -0.25) is 9.63 Å². The highest BCUT2D eigenvalue weighted by Crippen LogP contribution is 2.39. The molecular weight excluding hydrogens is 252 g/mol. The van der Waals surface area contributed by atoms with Gasteiger partial charge >= 0.3 is 0 Å². The van der Waals surface area contributed by atoms with Crippen molar-refractivity contribution in [3.63, 3.8) is 0 Å². The molecule has 0 saturated heterocycles. The quantitative estimate of drug-likeness (QED) is 0.736. The highest BCUT2D eigenvalue weighted by Gasteiger charge is 2.32. The summed E-state index contributed by atoms with van der Waals surface area (Å²) < 4.78 is 0. The lowest BCUT2D eigenvalue weighted by molar-refractivity contribution is -0.124. The van der Waals surface area contributed by atoms with Gasteiger partial charge in [0.05, 0.1) is 19.2 Å². The number of hydrogen-bond acceptors (Lipinski definition) is 4. The van der Waals surface area contributed by atoms with Crippen LogP contribution in [0.15, 0.2) is 0 Å². The van der Waals surface area contributed by atoms with Crippen LogP contribution in [0, 0.1) is 11.3 Å². The molecule has 1 aliphatic rings. The molecule has 1 saturated carbocycles. The molecule has 2 N–H and O–H groups in total. The van der Waals surface area contributed by atoms with E-state index in [9.17, 15) is 4.79 Å². The van der Waals surface area contributed by atoms with Gasteiger partial charge in [0.25, 0.3) is 0 Å². The van der Waals surface area contributed by atoms with E-state index in [1.165, 1.54) is 6.42 Å². The van der Waals surface area contributed by atoms with Crippen LogP contribution in [0.3, 0.4) is 0 Å². The fourth-order valence-corrected chi connectivity index (χ4v) is 3.01. The Labute approximate surface area is 124 Å². The first-order valence-corrected chi connectivity index (χ1v) is 7.73. The van der Waals surface area contributed by atoms with Gasteiger partial charge in [0.2, 0.25) is 0 Å². The lowest BCUT2D eigenvalue weighted by Gasteiger charge is -2.38. The van der Waals surface area contributed by atoms with Crippen molar-refractivity contribution in [2.75, 3.05) is 13.1 Å². The summed E-state index contributed by atoms with van der Waals surface area (Å²) in [5.74, 6) is 0.812. The molecule has 0 bridgehead atoms. The third kappa shape index (κ3) is 7.36. The van der Waals surface area contributed by atoms with Crippen molar-refractivity contribution in [1.82, 2.24) is 10.8 Å². The Kier molecular flexibility index (Phi) is 6.17. The molecule has 0 aromatic carbocycles. The van der Waals surface area contributed by atoms with Crippen molar-refractivity contribution in [3.05, 3.63) is 0 Å². The van der Waals surface area contributed by atoms with Crippen molar-refractivity contribution in [1.29, 1.82) is 0 Å². The molecule has 0 spiro atoms. The lowest BCUT2D eigenvalue weighted by atomic mass is 9.71. The summed E-state index contributed by atoms with van der Waals surface area (Å²) >= 11 is 0. The SMILES string of the molecule is CC1CC(ONCC(=O)CNC(C)(C)C)CC(C)(C)C1. The maximum Gasteiger partial charge on any atom is 0.162 e. The van der Waals surface area contributed by atoms with E-state index in [1.54, 1.807) is 0 Å². The second kappa shape index (κ2) is 7.01. The van der Waals surface area contributed by atoms with Gasteiger partial charge in [-0.1, -0.05) is 20.8 Å². The first-order chi connectivity index (χ1) is 9.07. The van der Waals surface area contributed by atoms with Crippen LogP contribution in [0.5, 0.6) is 0 Å². The van der Waals surface area contributed by atoms with Gasteiger partial charge in [-0.15, -0.1) is 0 Å². The van der Waals surface area contributed by atoms with Gasteiger partial charge < -0.3 is 5.32 Å². The molecule has 20 heavy (non-hydrogen) atoms. The minimum absolute atomic E-state index is 0.0284. The molecule has 2 unspecified atom stereocenters. The molecule has 1 aliphatic carbocycles. The Morgan fingerprint density at radius 1 is 1.25 bits per heavy atom. The Balaban J connectivity index is 2.22. The van der Waals surface area contributed by atoms with Crippen molar-refractivity contribution >= 4 is 5.78 Å². The van der Waals surface area contributed by atoms with Gasteiger partial charge in [-0.25, -0.2) is 0 Å². The van der Waals surface area contributed by atoms with E-state index >= 15 is 0 Å². The minimum Gasteiger partial charge on any atom is -0.305 e.